The van der Waals surface area contributed by atoms with E-state index in [9.17, 15) is 5.11 Å². The van der Waals surface area contributed by atoms with Gasteiger partial charge in [0.1, 0.15) is 12.2 Å². The zero-order valence-electron chi connectivity index (χ0n) is 9.53. The molecule has 1 saturated heterocycles. The minimum absolute atomic E-state index is 0.296. The Morgan fingerprint density at radius 2 is 1.69 bits per heavy atom. The van der Waals surface area contributed by atoms with E-state index in [1.165, 1.54) is 21.3 Å². The van der Waals surface area contributed by atoms with Gasteiger partial charge in [0.15, 0.2) is 6.29 Å². The Labute approximate surface area is 93.8 Å². The molecule has 0 aromatic carbocycles. The van der Waals surface area contributed by atoms with Gasteiger partial charge in [0, 0.05) is 21.3 Å². The number of hydrogen-bond donors (Lipinski definition) is 2. The van der Waals surface area contributed by atoms with Crippen molar-refractivity contribution in [2.24, 2.45) is 0 Å². The van der Waals surface area contributed by atoms with E-state index in [1.54, 1.807) is 0 Å². The van der Waals surface area contributed by atoms with Crippen LogP contribution in [0, 0.1) is 0 Å². The lowest BCUT2D eigenvalue weighted by Crippen LogP contribution is -2.56. The average Bonchev–Trinajstić information content (AvgIpc) is 2.32. The Hall–Kier alpha value is -0.280. The topological polar surface area (TPSA) is 86.6 Å². The molecule has 0 bridgehead atoms. The van der Waals surface area contributed by atoms with Crippen LogP contribution in [0.1, 0.15) is 0 Å². The van der Waals surface area contributed by atoms with E-state index in [1.807, 2.05) is 0 Å². The average molecular weight is 238 g/mol. The predicted molar refractivity (Wildman–Crippen MR) is 51.4 cm³/mol. The first-order valence-corrected chi connectivity index (χ1v) is 4.86. The third-order valence-corrected chi connectivity index (χ3v) is 2.38. The van der Waals surface area contributed by atoms with E-state index in [0.717, 1.165) is 0 Å². The van der Waals surface area contributed by atoms with Crippen molar-refractivity contribution in [3.8, 4) is 0 Å². The summed E-state index contributed by atoms with van der Waals surface area (Å²) in [6.07, 6.45) is -4.35. The molecule has 1 heterocycles. The van der Waals surface area contributed by atoms with Crippen molar-refractivity contribution in [3.05, 3.63) is 0 Å². The molecule has 0 radical (unpaired) electrons. The van der Waals surface area contributed by atoms with Gasteiger partial charge in [-0.15, -0.1) is 0 Å². The SMILES string of the molecule is CO[C@H]1O[C@@H]([C@@H](CO)OC)[C@H](O)O[C@@H]1OC. The first-order valence-electron chi connectivity index (χ1n) is 4.86. The molecule has 0 unspecified atom stereocenters. The smallest absolute Gasteiger partial charge is 0.211 e. The van der Waals surface area contributed by atoms with Crippen LogP contribution in [0.25, 0.3) is 0 Å². The maximum absolute atomic E-state index is 9.64. The Morgan fingerprint density at radius 1 is 1.12 bits per heavy atom. The molecule has 1 fully saturated rings. The van der Waals surface area contributed by atoms with Gasteiger partial charge in [0.2, 0.25) is 12.6 Å². The summed E-state index contributed by atoms with van der Waals surface area (Å²) in [6, 6.07) is 0. The molecule has 7 nitrogen and oxygen atoms in total. The Morgan fingerprint density at radius 3 is 2.12 bits per heavy atom. The molecule has 0 amide bonds. The maximum atomic E-state index is 9.64. The van der Waals surface area contributed by atoms with Crippen LogP contribution in [0.2, 0.25) is 0 Å². The summed E-state index contributed by atoms with van der Waals surface area (Å²) >= 11 is 0. The minimum atomic E-state index is -1.24. The van der Waals surface area contributed by atoms with Crippen molar-refractivity contribution in [2.75, 3.05) is 27.9 Å². The number of aliphatic hydroxyl groups excluding tert-OH is 2. The van der Waals surface area contributed by atoms with Gasteiger partial charge in [0.05, 0.1) is 6.61 Å². The van der Waals surface area contributed by atoms with Crippen LogP contribution in [0.3, 0.4) is 0 Å². The number of hydrogen-bond acceptors (Lipinski definition) is 7. The summed E-state index contributed by atoms with van der Waals surface area (Å²) in [5, 5.41) is 18.7. The van der Waals surface area contributed by atoms with Crippen LogP contribution in [-0.2, 0) is 23.7 Å². The van der Waals surface area contributed by atoms with E-state index in [4.69, 9.17) is 28.8 Å². The summed E-state index contributed by atoms with van der Waals surface area (Å²) in [5.74, 6) is 0. The molecule has 96 valence electrons. The summed E-state index contributed by atoms with van der Waals surface area (Å²) in [4.78, 5) is 0. The third-order valence-electron chi connectivity index (χ3n) is 2.38. The van der Waals surface area contributed by atoms with E-state index in [0.29, 0.717) is 0 Å². The summed E-state index contributed by atoms with van der Waals surface area (Å²) in [5.41, 5.74) is 0. The van der Waals surface area contributed by atoms with Crippen LogP contribution in [0.15, 0.2) is 0 Å². The van der Waals surface area contributed by atoms with Gasteiger partial charge in [-0.2, -0.15) is 0 Å². The van der Waals surface area contributed by atoms with Crippen molar-refractivity contribution in [1.29, 1.82) is 0 Å². The third kappa shape index (κ3) is 2.89. The zero-order valence-corrected chi connectivity index (χ0v) is 9.53. The van der Waals surface area contributed by atoms with E-state index in [-0.39, 0.29) is 6.61 Å². The van der Waals surface area contributed by atoms with Crippen molar-refractivity contribution in [3.63, 3.8) is 0 Å². The second-order valence-corrected chi connectivity index (χ2v) is 3.29. The normalized spacial score (nSPS) is 37.3. The molecule has 0 saturated carbocycles. The monoisotopic (exact) mass is 238 g/mol. The van der Waals surface area contributed by atoms with Crippen LogP contribution < -0.4 is 0 Å². The van der Waals surface area contributed by atoms with E-state index >= 15 is 0 Å². The van der Waals surface area contributed by atoms with Crippen molar-refractivity contribution in [1.82, 2.24) is 0 Å². The molecule has 2 N–H and O–H groups in total. The molecule has 0 spiro atoms. The summed E-state index contributed by atoms with van der Waals surface area (Å²) in [6.45, 7) is -0.296. The lowest BCUT2D eigenvalue weighted by molar-refractivity contribution is -0.396. The maximum Gasteiger partial charge on any atom is 0.211 e. The fourth-order valence-electron chi connectivity index (χ4n) is 1.48. The second-order valence-electron chi connectivity index (χ2n) is 3.29. The first-order chi connectivity index (χ1) is 7.67. The molecular weight excluding hydrogens is 220 g/mol. The highest BCUT2D eigenvalue weighted by Crippen LogP contribution is 2.23. The minimum Gasteiger partial charge on any atom is -0.394 e. The standard InChI is InChI=1S/C9H18O7/c1-12-5(4-10)6-7(11)16-9(14-3)8(13-2)15-6/h5-11H,4H2,1-3H3/t5-,6+,7-,8+,9+/m1/s1. The highest BCUT2D eigenvalue weighted by atomic mass is 16.8. The Balaban J connectivity index is 2.66. The number of rotatable bonds is 5. The molecule has 16 heavy (non-hydrogen) atoms. The number of aliphatic hydroxyl groups is 2. The van der Waals surface area contributed by atoms with Gasteiger partial charge >= 0.3 is 0 Å². The molecule has 1 rings (SSSR count). The molecule has 0 aliphatic carbocycles. The van der Waals surface area contributed by atoms with Crippen molar-refractivity contribution in [2.45, 2.75) is 31.1 Å². The van der Waals surface area contributed by atoms with Crippen LogP contribution in [-0.4, -0.2) is 69.2 Å². The van der Waals surface area contributed by atoms with E-state index < -0.39 is 31.1 Å². The predicted octanol–water partition coefficient (Wildman–Crippen LogP) is -1.33. The number of ether oxygens (including phenoxy) is 5. The molecule has 7 heteroatoms. The fraction of sp³-hybridized carbons (Fsp3) is 1.00. The second kappa shape index (κ2) is 6.45. The van der Waals surface area contributed by atoms with Crippen molar-refractivity contribution >= 4 is 0 Å². The Kier molecular flexibility index (Phi) is 5.56. The van der Waals surface area contributed by atoms with Crippen molar-refractivity contribution < 1.29 is 33.9 Å². The summed E-state index contributed by atoms with van der Waals surface area (Å²) in [7, 11) is 4.24. The van der Waals surface area contributed by atoms with Crippen LogP contribution in [0.5, 0.6) is 0 Å². The molecule has 0 aromatic heterocycles. The molecule has 5 atom stereocenters. The highest BCUT2D eigenvalue weighted by molar-refractivity contribution is 4.78. The van der Waals surface area contributed by atoms with E-state index in [2.05, 4.69) is 0 Å². The van der Waals surface area contributed by atoms with Gasteiger partial charge in [-0.25, -0.2) is 0 Å². The fourth-order valence-corrected chi connectivity index (χ4v) is 1.48. The first kappa shape index (κ1) is 13.8. The Bertz CT molecular complexity index is 196. The summed E-state index contributed by atoms with van der Waals surface area (Å²) < 4.78 is 25.4. The lowest BCUT2D eigenvalue weighted by Gasteiger charge is -2.39. The zero-order chi connectivity index (χ0) is 12.1. The van der Waals surface area contributed by atoms with Gasteiger partial charge in [-0.1, -0.05) is 0 Å². The van der Waals surface area contributed by atoms with Gasteiger partial charge in [0.25, 0.3) is 0 Å². The van der Waals surface area contributed by atoms with Gasteiger partial charge < -0.3 is 33.9 Å². The molecule has 1 aliphatic rings. The lowest BCUT2D eigenvalue weighted by atomic mass is 10.2. The van der Waals surface area contributed by atoms with Crippen LogP contribution >= 0.6 is 0 Å². The number of methoxy groups -OCH3 is 3. The molecular formula is C9H18O7. The molecule has 0 aromatic rings. The van der Waals surface area contributed by atoms with Crippen LogP contribution in [0.4, 0.5) is 0 Å². The highest BCUT2D eigenvalue weighted by Gasteiger charge is 2.42. The largest absolute Gasteiger partial charge is 0.394 e. The molecule has 1 aliphatic heterocycles. The quantitative estimate of drug-likeness (QED) is 0.613. The van der Waals surface area contributed by atoms with Gasteiger partial charge in [-0.3, -0.25) is 0 Å². The van der Waals surface area contributed by atoms with Gasteiger partial charge in [-0.05, 0) is 0 Å².